The molecular formula is C25H18N3O2. The summed E-state index contributed by atoms with van der Waals surface area (Å²) in [6.07, 6.45) is 1.83. The van der Waals surface area contributed by atoms with Crippen molar-refractivity contribution in [1.29, 1.82) is 0 Å². The number of hydrogen-bond donors (Lipinski definition) is 0. The molecule has 2 aromatic heterocycles. The summed E-state index contributed by atoms with van der Waals surface area (Å²) in [5.74, 6) is 1.58. The van der Waals surface area contributed by atoms with Crippen LogP contribution in [-0.2, 0) is 0 Å². The minimum absolute atomic E-state index is 0.781. The summed E-state index contributed by atoms with van der Waals surface area (Å²) in [7, 11) is 3.31. The Bertz CT molecular complexity index is 1360. The van der Waals surface area contributed by atoms with Gasteiger partial charge in [0.1, 0.15) is 11.5 Å². The molecule has 0 saturated carbocycles. The minimum atomic E-state index is 0.781. The second-order valence-electron chi connectivity index (χ2n) is 6.85. The number of hydrogen-bond acceptors (Lipinski definition) is 5. The summed E-state index contributed by atoms with van der Waals surface area (Å²) in [6, 6.07) is 24.5. The summed E-state index contributed by atoms with van der Waals surface area (Å²) in [5, 5.41) is 1.01. The van der Waals surface area contributed by atoms with Crippen molar-refractivity contribution < 1.29 is 9.47 Å². The molecule has 145 valence electrons. The van der Waals surface area contributed by atoms with E-state index in [0.29, 0.717) is 0 Å². The molecule has 0 bridgehead atoms. The fourth-order valence-electron chi connectivity index (χ4n) is 3.45. The predicted molar refractivity (Wildman–Crippen MR) is 118 cm³/mol. The Kier molecular flexibility index (Phi) is 4.48. The average Bonchev–Trinajstić information content (AvgIpc) is 2.82. The molecule has 0 aliphatic rings. The van der Waals surface area contributed by atoms with Crippen molar-refractivity contribution in [2.24, 2.45) is 0 Å². The third-order valence-corrected chi connectivity index (χ3v) is 5.04. The summed E-state index contributed by atoms with van der Waals surface area (Å²) in [5.41, 5.74) is 5.91. The van der Waals surface area contributed by atoms with E-state index in [2.05, 4.69) is 17.1 Å². The lowest BCUT2D eigenvalue weighted by Crippen LogP contribution is -1.96. The summed E-state index contributed by atoms with van der Waals surface area (Å²) >= 11 is 0. The Morgan fingerprint density at radius 1 is 0.700 bits per heavy atom. The third-order valence-electron chi connectivity index (χ3n) is 5.04. The van der Waals surface area contributed by atoms with Crippen molar-refractivity contribution in [1.82, 2.24) is 15.0 Å². The van der Waals surface area contributed by atoms with Crippen LogP contribution in [0, 0.1) is 6.07 Å². The van der Waals surface area contributed by atoms with Crippen LogP contribution in [-0.4, -0.2) is 29.2 Å². The fourth-order valence-corrected chi connectivity index (χ4v) is 3.45. The van der Waals surface area contributed by atoms with Crippen LogP contribution in [0.1, 0.15) is 0 Å². The number of aromatic nitrogens is 3. The molecular weight excluding hydrogens is 374 g/mol. The quantitative estimate of drug-likeness (QED) is 0.414. The van der Waals surface area contributed by atoms with Gasteiger partial charge in [-0.15, -0.1) is 0 Å². The minimum Gasteiger partial charge on any atom is -0.497 e. The predicted octanol–water partition coefficient (Wildman–Crippen LogP) is 5.33. The van der Waals surface area contributed by atoms with E-state index in [1.807, 2.05) is 66.9 Å². The van der Waals surface area contributed by atoms with Crippen molar-refractivity contribution in [3.8, 4) is 34.0 Å². The summed E-state index contributed by atoms with van der Waals surface area (Å²) < 4.78 is 10.6. The van der Waals surface area contributed by atoms with Crippen LogP contribution >= 0.6 is 0 Å². The molecule has 0 unspecified atom stereocenters. The van der Waals surface area contributed by atoms with Crippen LogP contribution in [0.25, 0.3) is 44.5 Å². The molecule has 0 atom stereocenters. The number of methoxy groups -OCH3 is 2. The molecule has 0 N–H and O–H groups in total. The zero-order valence-corrected chi connectivity index (χ0v) is 16.6. The van der Waals surface area contributed by atoms with E-state index in [1.165, 1.54) is 0 Å². The van der Waals surface area contributed by atoms with Crippen LogP contribution < -0.4 is 9.47 Å². The van der Waals surface area contributed by atoms with Gasteiger partial charge in [0.25, 0.3) is 0 Å². The highest BCUT2D eigenvalue weighted by Gasteiger charge is 2.14. The first-order chi connectivity index (χ1) is 14.7. The van der Waals surface area contributed by atoms with E-state index in [9.17, 15) is 0 Å². The van der Waals surface area contributed by atoms with Crippen molar-refractivity contribution in [3.05, 3.63) is 79.0 Å². The van der Waals surface area contributed by atoms with Gasteiger partial charge in [0.15, 0.2) is 0 Å². The number of benzene rings is 3. The molecule has 3 aromatic carbocycles. The lowest BCUT2D eigenvalue weighted by molar-refractivity contribution is 0.415. The lowest BCUT2D eigenvalue weighted by atomic mass is 10.0. The van der Waals surface area contributed by atoms with Gasteiger partial charge in [-0.25, -0.2) is 9.97 Å². The highest BCUT2D eigenvalue weighted by Crippen LogP contribution is 2.33. The molecule has 1 radical (unpaired) electrons. The first kappa shape index (κ1) is 18.1. The molecule has 0 aliphatic heterocycles. The van der Waals surface area contributed by atoms with Gasteiger partial charge in [0, 0.05) is 28.8 Å². The summed E-state index contributed by atoms with van der Waals surface area (Å²) in [6.45, 7) is 0. The standard InChI is InChI=1S/C25H18N3O2/c1-29-19-10-7-16(8-11-19)24-25(28-22-6-4-3-5-21(22)27-24)18-13-17-9-12-20(30-2)14-23(17)26-15-18/h4-15H,1-2H3. The van der Waals surface area contributed by atoms with Crippen molar-refractivity contribution in [3.63, 3.8) is 0 Å². The number of nitrogens with zero attached hydrogens (tertiary/aromatic N) is 3. The molecule has 0 saturated heterocycles. The molecule has 2 heterocycles. The second-order valence-corrected chi connectivity index (χ2v) is 6.85. The molecule has 5 aromatic rings. The van der Waals surface area contributed by atoms with Crippen LogP contribution in [0.5, 0.6) is 11.5 Å². The van der Waals surface area contributed by atoms with Crippen LogP contribution in [0.2, 0.25) is 0 Å². The van der Waals surface area contributed by atoms with Gasteiger partial charge < -0.3 is 9.47 Å². The number of ether oxygens (including phenoxy) is 2. The van der Waals surface area contributed by atoms with Gasteiger partial charge in [-0.1, -0.05) is 6.07 Å². The SMILES string of the molecule is COc1ccc(-c2nc3c[c]ccc3nc2-c2cnc3cc(OC)ccc3c2)cc1. The summed E-state index contributed by atoms with van der Waals surface area (Å²) in [4.78, 5) is 14.5. The van der Waals surface area contributed by atoms with Crippen LogP contribution in [0.4, 0.5) is 0 Å². The Morgan fingerprint density at radius 3 is 2.23 bits per heavy atom. The van der Waals surface area contributed by atoms with E-state index in [4.69, 9.17) is 19.4 Å². The van der Waals surface area contributed by atoms with E-state index in [1.54, 1.807) is 14.2 Å². The second kappa shape index (κ2) is 7.44. The Balaban J connectivity index is 1.73. The van der Waals surface area contributed by atoms with Gasteiger partial charge in [-0.3, -0.25) is 4.98 Å². The van der Waals surface area contributed by atoms with Crippen LogP contribution in [0.3, 0.4) is 0 Å². The molecule has 0 fully saturated rings. The molecule has 5 rings (SSSR count). The van der Waals surface area contributed by atoms with Gasteiger partial charge in [0.05, 0.1) is 42.2 Å². The third kappa shape index (κ3) is 3.20. The Morgan fingerprint density at radius 2 is 1.43 bits per heavy atom. The van der Waals surface area contributed by atoms with Gasteiger partial charge in [-0.05, 0) is 60.7 Å². The number of fused-ring (bicyclic) bond motifs is 2. The van der Waals surface area contributed by atoms with E-state index in [0.717, 1.165) is 56.0 Å². The zero-order chi connectivity index (χ0) is 20.5. The Hall–Kier alpha value is -3.99. The van der Waals surface area contributed by atoms with Crippen molar-refractivity contribution >= 4 is 21.9 Å². The van der Waals surface area contributed by atoms with Gasteiger partial charge in [0.2, 0.25) is 0 Å². The molecule has 0 amide bonds. The first-order valence-electron chi connectivity index (χ1n) is 9.51. The monoisotopic (exact) mass is 392 g/mol. The van der Waals surface area contributed by atoms with E-state index >= 15 is 0 Å². The highest BCUT2D eigenvalue weighted by atomic mass is 16.5. The molecule has 5 nitrogen and oxygen atoms in total. The van der Waals surface area contributed by atoms with Crippen molar-refractivity contribution in [2.75, 3.05) is 14.2 Å². The largest absolute Gasteiger partial charge is 0.497 e. The molecule has 0 spiro atoms. The highest BCUT2D eigenvalue weighted by molar-refractivity contribution is 5.90. The fraction of sp³-hybridized carbons (Fsp3) is 0.0800. The van der Waals surface area contributed by atoms with Crippen molar-refractivity contribution in [2.45, 2.75) is 0 Å². The lowest BCUT2D eigenvalue weighted by Gasteiger charge is -2.11. The average molecular weight is 392 g/mol. The normalized spacial score (nSPS) is 11.0. The smallest absolute Gasteiger partial charge is 0.121 e. The topological polar surface area (TPSA) is 57.1 Å². The van der Waals surface area contributed by atoms with Gasteiger partial charge in [-0.2, -0.15) is 0 Å². The maximum atomic E-state index is 5.31. The van der Waals surface area contributed by atoms with Crippen LogP contribution in [0.15, 0.2) is 72.9 Å². The van der Waals surface area contributed by atoms with E-state index in [-0.39, 0.29) is 0 Å². The maximum Gasteiger partial charge on any atom is 0.121 e. The maximum absolute atomic E-state index is 5.31. The first-order valence-corrected chi connectivity index (χ1v) is 9.51. The van der Waals surface area contributed by atoms with E-state index < -0.39 is 0 Å². The Labute approximate surface area is 174 Å². The molecule has 5 heteroatoms. The molecule has 0 aliphatic carbocycles. The number of rotatable bonds is 4. The molecule has 30 heavy (non-hydrogen) atoms. The number of pyridine rings is 1. The zero-order valence-electron chi connectivity index (χ0n) is 16.6. The van der Waals surface area contributed by atoms with Gasteiger partial charge >= 0.3 is 0 Å².